The van der Waals surface area contributed by atoms with Gasteiger partial charge in [-0.05, 0) is 43.2 Å². The van der Waals surface area contributed by atoms with Crippen LogP contribution in [0.15, 0.2) is 17.8 Å². The van der Waals surface area contributed by atoms with Crippen LogP contribution in [-0.2, 0) is 0 Å². The standard InChI is InChI=1S/C10H16N4/c1-2-8-7-14-6-5-9(8)3-4-10(14)12-13-11/h2,8-10H,1,3-7H2/t8-,9+,10-/m0/s1. The van der Waals surface area contributed by atoms with Crippen LogP contribution in [0.3, 0.4) is 0 Å². The van der Waals surface area contributed by atoms with Crippen molar-refractivity contribution >= 4 is 0 Å². The van der Waals surface area contributed by atoms with E-state index in [2.05, 4.69) is 27.6 Å². The number of nitrogens with zero attached hydrogens (tertiary/aromatic N) is 4. The molecule has 1 unspecified atom stereocenters. The zero-order chi connectivity index (χ0) is 9.97. The van der Waals surface area contributed by atoms with Crippen LogP contribution in [-0.4, -0.2) is 24.2 Å². The van der Waals surface area contributed by atoms with Crippen molar-refractivity contribution in [3.8, 4) is 0 Å². The Hall–Kier alpha value is -0.990. The Morgan fingerprint density at radius 3 is 3.00 bits per heavy atom. The minimum atomic E-state index is 0.0925. The molecule has 0 aromatic rings. The number of azide groups is 1. The molecule has 0 aliphatic carbocycles. The molecule has 0 amide bonds. The van der Waals surface area contributed by atoms with E-state index >= 15 is 0 Å². The molecule has 0 radical (unpaired) electrons. The summed E-state index contributed by atoms with van der Waals surface area (Å²) in [6, 6.07) is 0. The van der Waals surface area contributed by atoms with E-state index in [1.165, 1.54) is 12.8 Å². The summed E-state index contributed by atoms with van der Waals surface area (Å²) >= 11 is 0. The summed E-state index contributed by atoms with van der Waals surface area (Å²) in [5.74, 6) is 1.37. The summed E-state index contributed by atoms with van der Waals surface area (Å²) in [7, 11) is 0. The van der Waals surface area contributed by atoms with E-state index in [0.29, 0.717) is 5.92 Å². The summed E-state index contributed by atoms with van der Waals surface area (Å²) in [6.07, 6.45) is 5.58. The maximum atomic E-state index is 8.47. The van der Waals surface area contributed by atoms with Crippen molar-refractivity contribution in [2.45, 2.75) is 25.4 Å². The lowest BCUT2D eigenvalue weighted by atomic mass is 9.85. The van der Waals surface area contributed by atoms with Gasteiger partial charge in [0.15, 0.2) is 0 Å². The van der Waals surface area contributed by atoms with Crippen molar-refractivity contribution < 1.29 is 0 Å². The van der Waals surface area contributed by atoms with Crippen molar-refractivity contribution in [2.24, 2.45) is 17.0 Å². The van der Waals surface area contributed by atoms with Gasteiger partial charge >= 0.3 is 0 Å². The first-order valence-electron chi connectivity index (χ1n) is 5.26. The Morgan fingerprint density at radius 1 is 1.43 bits per heavy atom. The minimum Gasteiger partial charge on any atom is -0.294 e. The smallest absolute Gasteiger partial charge is 0.0887 e. The van der Waals surface area contributed by atoms with Gasteiger partial charge in [-0.25, -0.2) is 0 Å². The van der Waals surface area contributed by atoms with Crippen LogP contribution in [0.1, 0.15) is 19.3 Å². The average molecular weight is 192 g/mol. The number of rotatable bonds is 2. The Labute approximate surface area is 84.2 Å². The molecule has 4 atom stereocenters. The molecule has 0 aromatic heterocycles. The van der Waals surface area contributed by atoms with Crippen molar-refractivity contribution in [2.75, 3.05) is 13.1 Å². The molecule has 0 aromatic carbocycles. The third kappa shape index (κ3) is 1.63. The van der Waals surface area contributed by atoms with Gasteiger partial charge in [-0.15, -0.1) is 6.58 Å². The van der Waals surface area contributed by atoms with Gasteiger partial charge in [0.25, 0.3) is 0 Å². The monoisotopic (exact) mass is 192 g/mol. The molecule has 3 heterocycles. The second kappa shape index (κ2) is 4.03. The quantitative estimate of drug-likeness (QED) is 0.287. The number of hydrogen-bond acceptors (Lipinski definition) is 2. The minimum absolute atomic E-state index is 0.0925. The van der Waals surface area contributed by atoms with Crippen molar-refractivity contribution in [1.82, 2.24) is 4.90 Å². The molecule has 2 bridgehead atoms. The van der Waals surface area contributed by atoms with E-state index in [1.807, 2.05) is 0 Å². The summed E-state index contributed by atoms with van der Waals surface area (Å²) in [4.78, 5) is 5.23. The molecule has 4 heteroatoms. The van der Waals surface area contributed by atoms with Crippen LogP contribution in [0.4, 0.5) is 0 Å². The predicted molar refractivity (Wildman–Crippen MR) is 55.5 cm³/mol. The van der Waals surface area contributed by atoms with Crippen LogP contribution in [0.5, 0.6) is 0 Å². The molecule has 0 spiro atoms. The largest absolute Gasteiger partial charge is 0.294 e. The predicted octanol–water partition coefficient (Wildman–Crippen LogP) is 2.54. The maximum absolute atomic E-state index is 8.47. The average Bonchev–Trinajstić information content (AvgIpc) is 2.50. The first kappa shape index (κ1) is 9.56. The number of piperidine rings is 1. The highest BCUT2D eigenvalue weighted by Gasteiger charge is 2.34. The van der Waals surface area contributed by atoms with E-state index in [-0.39, 0.29) is 6.17 Å². The van der Waals surface area contributed by atoms with E-state index in [4.69, 9.17) is 5.53 Å². The molecule has 76 valence electrons. The number of hydrogen-bond donors (Lipinski definition) is 0. The molecule has 3 fully saturated rings. The van der Waals surface area contributed by atoms with E-state index in [9.17, 15) is 0 Å². The highest BCUT2D eigenvalue weighted by molar-refractivity contribution is 4.95. The molecule has 3 aliphatic rings. The van der Waals surface area contributed by atoms with Gasteiger partial charge in [-0.3, -0.25) is 4.90 Å². The van der Waals surface area contributed by atoms with Crippen LogP contribution >= 0.6 is 0 Å². The highest BCUT2D eigenvalue weighted by Crippen LogP contribution is 2.35. The molecule has 14 heavy (non-hydrogen) atoms. The molecule has 3 saturated heterocycles. The zero-order valence-electron chi connectivity index (χ0n) is 8.34. The molecule has 3 rings (SSSR count). The molecule has 0 N–H and O–H groups in total. The Morgan fingerprint density at radius 2 is 2.29 bits per heavy atom. The van der Waals surface area contributed by atoms with Gasteiger partial charge in [-0.1, -0.05) is 11.2 Å². The topological polar surface area (TPSA) is 52.0 Å². The first-order chi connectivity index (χ1) is 6.85. The van der Waals surface area contributed by atoms with Crippen molar-refractivity contribution in [1.29, 1.82) is 0 Å². The van der Waals surface area contributed by atoms with E-state index < -0.39 is 0 Å². The summed E-state index contributed by atoms with van der Waals surface area (Å²) in [5, 5.41) is 3.86. The van der Waals surface area contributed by atoms with E-state index in [1.54, 1.807) is 0 Å². The molecule has 3 aliphatic heterocycles. The van der Waals surface area contributed by atoms with Crippen molar-refractivity contribution in [3.05, 3.63) is 23.1 Å². The fraction of sp³-hybridized carbons (Fsp3) is 0.800. The van der Waals surface area contributed by atoms with E-state index in [0.717, 1.165) is 25.4 Å². The van der Waals surface area contributed by atoms with Gasteiger partial charge in [0.2, 0.25) is 0 Å². The molecule has 0 saturated carbocycles. The maximum Gasteiger partial charge on any atom is 0.0887 e. The van der Waals surface area contributed by atoms with Crippen molar-refractivity contribution in [3.63, 3.8) is 0 Å². The third-order valence-electron chi connectivity index (χ3n) is 3.54. The van der Waals surface area contributed by atoms with Crippen LogP contribution in [0.25, 0.3) is 10.4 Å². The lowest BCUT2D eigenvalue weighted by Gasteiger charge is -2.34. The van der Waals surface area contributed by atoms with Crippen LogP contribution in [0.2, 0.25) is 0 Å². The van der Waals surface area contributed by atoms with Gasteiger partial charge in [0.05, 0.1) is 6.17 Å². The lowest BCUT2D eigenvalue weighted by molar-refractivity contribution is 0.142. The second-order valence-electron chi connectivity index (χ2n) is 4.21. The molecular weight excluding hydrogens is 176 g/mol. The fourth-order valence-corrected chi connectivity index (χ4v) is 2.69. The van der Waals surface area contributed by atoms with Gasteiger partial charge < -0.3 is 0 Å². The molecule has 4 nitrogen and oxygen atoms in total. The normalized spacial score (nSPS) is 41.1. The lowest BCUT2D eigenvalue weighted by Crippen LogP contribution is -2.40. The Kier molecular flexibility index (Phi) is 2.75. The summed E-state index contributed by atoms with van der Waals surface area (Å²) < 4.78 is 0. The SMILES string of the molecule is C=C[C@H]1CN2CC[C@H]1CC[C@H]2N=[N+]=[N-]. The highest BCUT2D eigenvalue weighted by atomic mass is 15.3. The Bertz CT molecular complexity index is 269. The summed E-state index contributed by atoms with van der Waals surface area (Å²) in [5.41, 5.74) is 8.47. The van der Waals surface area contributed by atoms with Gasteiger partial charge in [0.1, 0.15) is 0 Å². The van der Waals surface area contributed by atoms with Crippen LogP contribution < -0.4 is 0 Å². The number of fused-ring (bicyclic) bond motifs is 4. The van der Waals surface area contributed by atoms with Gasteiger partial charge in [-0.2, -0.15) is 0 Å². The molecular formula is C10H16N4. The fourth-order valence-electron chi connectivity index (χ4n) is 2.69. The Balaban J connectivity index is 2.15. The second-order valence-corrected chi connectivity index (χ2v) is 4.21. The van der Waals surface area contributed by atoms with Crippen LogP contribution in [0, 0.1) is 11.8 Å². The third-order valence-corrected chi connectivity index (χ3v) is 3.54. The zero-order valence-corrected chi connectivity index (χ0v) is 8.34. The first-order valence-corrected chi connectivity index (χ1v) is 5.26. The van der Waals surface area contributed by atoms with Gasteiger partial charge in [0, 0.05) is 11.5 Å². The summed E-state index contributed by atoms with van der Waals surface area (Å²) in [6.45, 7) is 5.99.